The number of methoxy groups -OCH3 is 1. The normalized spacial score (nSPS) is 10.6. The molecule has 0 aliphatic heterocycles. The van der Waals surface area contributed by atoms with Crippen molar-refractivity contribution < 1.29 is 18.3 Å². The molecule has 0 bridgehead atoms. The summed E-state index contributed by atoms with van der Waals surface area (Å²) in [4.78, 5) is 24.8. The van der Waals surface area contributed by atoms with Gasteiger partial charge in [-0.25, -0.2) is 13.6 Å². The fourth-order valence-corrected chi connectivity index (χ4v) is 1.23. The van der Waals surface area contributed by atoms with Gasteiger partial charge in [0.2, 0.25) is 0 Å². The fraction of sp³-hybridized carbons (Fsp3) is 0.333. The zero-order valence-electron chi connectivity index (χ0n) is 8.42. The first-order valence-electron chi connectivity index (χ1n) is 4.33. The van der Waals surface area contributed by atoms with Crippen molar-refractivity contribution in [2.24, 2.45) is 5.73 Å². The average molecular weight is 232 g/mol. The summed E-state index contributed by atoms with van der Waals surface area (Å²) in [5.74, 6) is -1.10. The number of aromatic nitrogens is 1. The highest BCUT2D eigenvalue weighted by molar-refractivity contribution is 5.90. The van der Waals surface area contributed by atoms with Crippen LogP contribution in [0.2, 0.25) is 0 Å². The summed E-state index contributed by atoms with van der Waals surface area (Å²) in [6.07, 6.45) is -2.94. The van der Waals surface area contributed by atoms with E-state index in [1.165, 1.54) is 0 Å². The maximum Gasteiger partial charge on any atom is 0.344 e. The summed E-state index contributed by atoms with van der Waals surface area (Å²) in [7, 11) is 1.01. The van der Waals surface area contributed by atoms with Crippen LogP contribution in [0.1, 0.15) is 28.0 Å². The summed E-state index contributed by atoms with van der Waals surface area (Å²) < 4.78 is 29.5. The van der Waals surface area contributed by atoms with E-state index in [-0.39, 0.29) is 12.2 Å². The predicted molar refractivity (Wildman–Crippen MR) is 51.3 cm³/mol. The molecule has 16 heavy (non-hydrogen) atoms. The molecule has 5 nitrogen and oxygen atoms in total. The molecule has 1 aromatic heterocycles. The number of nitrogens with two attached hydrogens (primary N) is 1. The van der Waals surface area contributed by atoms with E-state index in [1.807, 2.05) is 0 Å². The van der Waals surface area contributed by atoms with Gasteiger partial charge in [-0.1, -0.05) is 0 Å². The van der Waals surface area contributed by atoms with Crippen LogP contribution >= 0.6 is 0 Å². The lowest BCUT2D eigenvalue weighted by Gasteiger charge is -2.07. The van der Waals surface area contributed by atoms with Gasteiger partial charge in [-0.2, -0.15) is 0 Å². The maximum absolute atomic E-state index is 12.6. The van der Waals surface area contributed by atoms with Crippen molar-refractivity contribution in [1.29, 1.82) is 0 Å². The van der Waals surface area contributed by atoms with E-state index in [0.717, 1.165) is 13.2 Å². The zero-order valence-corrected chi connectivity index (χ0v) is 8.42. The third kappa shape index (κ3) is 2.25. The molecule has 0 aromatic carbocycles. The second-order valence-electron chi connectivity index (χ2n) is 2.95. The van der Waals surface area contributed by atoms with Crippen molar-refractivity contribution in [2.75, 3.05) is 7.11 Å². The summed E-state index contributed by atoms with van der Waals surface area (Å²) in [5, 5.41) is 0. The zero-order chi connectivity index (χ0) is 12.3. The Balaban J connectivity index is 3.46. The van der Waals surface area contributed by atoms with Gasteiger partial charge in [-0.05, 0) is 6.07 Å². The maximum atomic E-state index is 12.6. The fourth-order valence-electron chi connectivity index (χ4n) is 1.23. The van der Waals surface area contributed by atoms with Crippen molar-refractivity contribution in [1.82, 2.24) is 4.98 Å². The number of aromatic amines is 1. The first-order chi connectivity index (χ1) is 7.51. The van der Waals surface area contributed by atoms with E-state index >= 15 is 0 Å². The molecule has 0 unspecified atom stereocenters. The largest absolute Gasteiger partial charge is 0.465 e. The van der Waals surface area contributed by atoms with Gasteiger partial charge in [-0.3, -0.25) is 4.79 Å². The van der Waals surface area contributed by atoms with E-state index in [2.05, 4.69) is 9.72 Å². The molecule has 0 amide bonds. The van der Waals surface area contributed by atoms with Crippen LogP contribution in [-0.2, 0) is 11.3 Å². The lowest BCUT2D eigenvalue weighted by atomic mass is 10.1. The van der Waals surface area contributed by atoms with Crippen LogP contribution in [0.4, 0.5) is 8.78 Å². The van der Waals surface area contributed by atoms with Crippen LogP contribution in [0.5, 0.6) is 0 Å². The molecule has 0 aliphatic rings. The molecule has 0 fully saturated rings. The monoisotopic (exact) mass is 232 g/mol. The lowest BCUT2D eigenvalue weighted by molar-refractivity contribution is 0.0587. The number of hydrogen-bond acceptors (Lipinski definition) is 4. The minimum absolute atomic E-state index is 0.101. The first-order valence-corrected chi connectivity index (χ1v) is 4.33. The van der Waals surface area contributed by atoms with Crippen LogP contribution < -0.4 is 11.3 Å². The van der Waals surface area contributed by atoms with Crippen LogP contribution in [0, 0.1) is 0 Å². The van der Waals surface area contributed by atoms with Crippen LogP contribution in [0.15, 0.2) is 10.9 Å². The van der Waals surface area contributed by atoms with Gasteiger partial charge in [-0.15, -0.1) is 0 Å². The van der Waals surface area contributed by atoms with E-state index in [4.69, 9.17) is 5.73 Å². The highest BCUT2D eigenvalue weighted by Gasteiger charge is 2.23. The Labute approximate surface area is 89.2 Å². The van der Waals surface area contributed by atoms with Crippen molar-refractivity contribution in [2.45, 2.75) is 13.0 Å². The number of alkyl halides is 2. The third-order valence-electron chi connectivity index (χ3n) is 1.96. The number of halogens is 2. The smallest absolute Gasteiger partial charge is 0.344 e. The molecular formula is C9H10F2N2O3. The quantitative estimate of drug-likeness (QED) is 0.745. The van der Waals surface area contributed by atoms with Crippen LogP contribution in [0.25, 0.3) is 0 Å². The number of carbonyl (C=O) groups excluding carboxylic acids is 1. The number of esters is 1. The van der Waals surface area contributed by atoms with E-state index in [0.29, 0.717) is 0 Å². The van der Waals surface area contributed by atoms with Crippen LogP contribution in [0.3, 0.4) is 0 Å². The summed E-state index contributed by atoms with van der Waals surface area (Å²) in [5.41, 5.74) is 3.07. The molecule has 7 heteroatoms. The molecule has 1 rings (SSSR count). The topological polar surface area (TPSA) is 85.2 Å². The highest BCUT2D eigenvalue weighted by atomic mass is 19.3. The highest BCUT2D eigenvalue weighted by Crippen LogP contribution is 2.21. The van der Waals surface area contributed by atoms with Gasteiger partial charge in [0.1, 0.15) is 5.56 Å². The number of pyridine rings is 1. The van der Waals surface area contributed by atoms with Gasteiger partial charge in [0.25, 0.3) is 12.0 Å². The number of nitrogens with one attached hydrogen (secondary N) is 1. The molecule has 1 heterocycles. The Morgan fingerprint density at radius 1 is 1.62 bits per heavy atom. The molecule has 0 spiro atoms. The molecule has 0 radical (unpaired) electrons. The molecule has 1 aromatic rings. The van der Waals surface area contributed by atoms with Gasteiger partial charge in [0.05, 0.1) is 7.11 Å². The lowest BCUT2D eigenvalue weighted by Crippen LogP contribution is -2.24. The Hall–Kier alpha value is -1.76. The summed E-state index contributed by atoms with van der Waals surface area (Å²) in [6.45, 7) is -0.101. The van der Waals surface area contributed by atoms with Crippen LogP contribution in [-0.4, -0.2) is 18.1 Å². The van der Waals surface area contributed by atoms with E-state index in [1.54, 1.807) is 0 Å². The SMILES string of the molecule is COC(=O)c1c(C(F)F)cc(CN)[nH]c1=O. The molecular weight excluding hydrogens is 222 g/mol. The van der Waals surface area contributed by atoms with Crippen molar-refractivity contribution in [3.05, 3.63) is 33.2 Å². The molecule has 3 N–H and O–H groups in total. The molecule has 0 saturated carbocycles. The Kier molecular flexibility index (Phi) is 3.73. The Morgan fingerprint density at radius 2 is 2.25 bits per heavy atom. The summed E-state index contributed by atoms with van der Waals surface area (Å²) in [6, 6.07) is 0.984. The van der Waals surface area contributed by atoms with E-state index in [9.17, 15) is 18.4 Å². The number of carbonyl (C=O) groups is 1. The standard InChI is InChI=1S/C9H10F2N2O3/c1-16-9(15)6-5(7(10)11)2-4(3-12)13-8(6)14/h2,7H,3,12H2,1H3,(H,13,14). The van der Waals surface area contributed by atoms with Gasteiger partial charge in [0.15, 0.2) is 0 Å². The second-order valence-corrected chi connectivity index (χ2v) is 2.95. The second kappa shape index (κ2) is 4.84. The van der Waals surface area contributed by atoms with Gasteiger partial charge >= 0.3 is 5.97 Å². The van der Waals surface area contributed by atoms with Crippen molar-refractivity contribution in [3.63, 3.8) is 0 Å². The number of rotatable bonds is 3. The summed E-state index contributed by atoms with van der Waals surface area (Å²) >= 11 is 0. The molecule has 88 valence electrons. The van der Waals surface area contributed by atoms with E-state index < -0.39 is 29.1 Å². The molecule has 0 saturated heterocycles. The molecule has 0 aliphatic carbocycles. The van der Waals surface area contributed by atoms with Crippen molar-refractivity contribution >= 4 is 5.97 Å². The van der Waals surface area contributed by atoms with Crippen molar-refractivity contribution in [3.8, 4) is 0 Å². The third-order valence-corrected chi connectivity index (χ3v) is 1.96. The predicted octanol–water partition coefficient (Wildman–Crippen LogP) is 0.558. The number of H-pyrrole nitrogens is 1. The van der Waals surface area contributed by atoms with Gasteiger partial charge < -0.3 is 15.5 Å². The number of hydrogen-bond donors (Lipinski definition) is 2. The minimum atomic E-state index is -2.94. The number of ether oxygens (including phenoxy) is 1. The first kappa shape index (κ1) is 12.3. The Bertz CT molecular complexity index is 457. The van der Waals surface area contributed by atoms with Gasteiger partial charge in [0, 0.05) is 17.8 Å². The minimum Gasteiger partial charge on any atom is -0.465 e. The average Bonchev–Trinajstić information content (AvgIpc) is 2.26. The molecule has 0 atom stereocenters. The Morgan fingerprint density at radius 3 is 2.69 bits per heavy atom.